The topological polar surface area (TPSA) is 64.6 Å². The quantitative estimate of drug-likeness (QED) is 0.360. The maximum Gasteiger partial charge on any atom is 0.310 e. The fraction of sp³-hybridized carbons (Fsp3) is 0.259. The monoisotopic (exact) mass is 503 g/mol. The van der Waals surface area contributed by atoms with Crippen LogP contribution in [-0.2, 0) is 14.3 Å². The van der Waals surface area contributed by atoms with Gasteiger partial charge in [-0.15, -0.1) is 0 Å². The second-order valence-electron chi connectivity index (χ2n) is 8.97. The van der Waals surface area contributed by atoms with Crippen LogP contribution in [0.4, 0.5) is 5.69 Å². The molecule has 2 saturated carbocycles. The minimum Gasteiger partial charge on any atom is -0.461 e. The van der Waals surface area contributed by atoms with Crippen LogP contribution in [0, 0.1) is 23.7 Å². The van der Waals surface area contributed by atoms with E-state index in [0.29, 0.717) is 11.4 Å². The molecule has 3 aromatic rings. The number of fused-ring (bicyclic) bond motifs is 1. The van der Waals surface area contributed by atoms with Gasteiger partial charge in [0.2, 0.25) is 5.91 Å². The number of carbonyl (C=O) groups is 2. The van der Waals surface area contributed by atoms with Gasteiger partial charge < -0.3 is 14.8 Å². The predicted molar refractivity (Wildman–Crippen MR) is 128 cm³/mol. The van der Waals surface area contributed by atoms with E-state index in [1.165, 1.54) is 0 Å². The van der Waals surface area contributed by atoms with Crippen LogP contribution in [0.15, 0.2) is 78.9 Å². The van der Waals surface area contributed by atoms with E-state index in [0.717, 1.165) is 23.3 Å². The summed E-state index contributed by atoms with van der Waals surface area (Å²) in [6, 6.07) is 25.4. The first-order valence-corrected chi connectivity index (χ1v) is 12.1. The van der Waals surface area contributed by atoms with Crippen molar-refractivity contribution >= 4 is 33.5 Å². The molecule has 1 amide bonds. The number of hydrogen-bond donors (Lipinski definition) is 1. The van der Waals surface area contributed by atoms with Gasteiger partial charge in [0, 0.05) is 11.6 Å². The standard InChI is InChI=1S/C27H22BrNO4/c28-24-20-14-21-23(27(31)33-25(21)24)22(20)26(30)29-17-8-12-19(13-9-17)32-18-10-6-16(7-11-18)15-4-2-1-3-5-15/h1-13,20-25H,14H2,(H,29,30)/t20-,21-,22-,23-,24-,25+/m1/s1. The summed E-state index contributed by atoms with van der Waals surface area (Å²) in [5, 5.41) is 2.99. The lowest BCUT2D eigenvalue weighted by Crippen LogP contribution is -2.40. The van der Waals surface area contributed by atoms with Crippen molar-refractivity contribution in [2.24, 2.45) is 23.7 Å². The summed E-state index contributed by atoms with van der Waals surface area (Å²) >= 11 is 3.66. The van der Waals surface area contributed by atoms with Crippen LogP contribution in [0.2, 0.25) is 0 Å². The molecule has 1 aliphatic heterocycles. The normalized spacial score (nSPS) is 29.1. The van der Waals surface area contributed by atoms with Crippen LogP contribution in [0.3, 0.4) is 0 Å². The number of benzene rings is 3. The van der Waals surface area contributed by atoms with Gasteiger partial charge in [-0.2, -0.15) is 0 Å². The van der Waals surface area contributed by atoms with Gasteiger partial charge in [0.1, 0.15) is 17.6 Å². The zero-order valence-electron chi connectivity index (χ0n) is 17.7. The first-order valence-electron chi connectivity index (χ1n) is 11.2. The van der Waals surface area contributed by atoms with E-state index in [9.17, 15) is 9.59 Å². The third kappa shape index (κ3) is 3.53. The maximum absolute atomic E-state index is 13.0. The molecule has 0 unspecified atom stereocenters. The van der Waals surface area contributed by atoms with Crippen molar-refractivity contribution in [2.45, 2.75) is 17.4 Å². The van der Waals surface area contributed by atoms with Crippen molar-refractivity contribution in [2.75, 3.05) is 5.32 Å². The Balaban J connectivity index is 1.11. The summed E-state index contributed by atoms with van der Waals surface area (Å²) in [5.41, 5.74) is 2.97. The van der Waals surface area contributed by atoms with Gasteiger partial charge in [-0.3, -0.25) is 9.59 Å². The Morgan fingerprint density at radius 1 is 0.879 bits per heavy atom. The molecule has 0 aromatic heterocycles. The highest BCUT2D eigenvalue weighted by atomic mass is 79.9. The molecular weight excluding hydrogens is 482 g/mol. The number of carbonyl (C=O) groups excluding carboxylic acids is 2. The van der Waals surface area contributed by atoms with Gasteiger partial charge >= 0.3 is 5.97 Å². The summed E-state index contributed by atoms with van der Waals surface area (Å²) in [6.07, 6.45) is 0.792. The van der Waals surface area contributed by atoms with Crippen molar-refractivity contribution in [3.05, 3.63) is 78.9 Å². The van der Waals surface area contributed by atoms with E-state index in [4.69, 9.17) is 9.47 Å². The van der Waals surface area contributed by atoms with Crippen molar-refractivity contribution in [3.8, 4) is 22.6 Å². The minimum atomic E-state index is -0.343. The molecular formula is C27H22BrNO4. The fourth-order valence-corrected chi connectivity index (χ4v) is 6.69. The van der Waals surface area contributed by atoms with Gasteiger partial charge in [-0.25, -0.2) is 0 Å². The lowest BCUT2D eigenvalue weighted by atomic mass is 9.79. The highest BCUT2D eigenvalue weighted by Crippen LogP contribution is 2.60. The molecule has 2 bridgehead atoms. The molecule has 2 aliphatic carbocycles. The highest BCUT2D eigenvalue weighted by Gasteiger charge is 2.67. The number of alkyl halides is 1. The van der Waals surface area contributed by atoms with E-state index in [1.807, 2.05) is 66.7 Å². The molecule has 1 N–H and O–H groups in total. The van der Waals surface area contributed by atoms with E-state index in [1.54, 1.807) is 0 Å². The van der Waals surface area contributed by atoms with Crippen molar-refractivity contribution in [1.29, 1.82) is 0 Å². The lowest BCUT2D eigenvalue weighted by Gasteiger charge is -2.27. The van der Waals surface area contributed by atoms with Crippen molar-refractivity contribution < 1.29 is 19.1 Å². The number of esters is 1. The molecule has 0 spiro atoms. The molecule has 0 radical (unpaired) electrons. The third-order valence-electron chi connectivity index (χ3n) is 7.14. The molecule has 6 heteroatoms. The Kier molecular flexibility index (Phi) is 4.98. The summed E-state index contributed by atoms with van der Waals surface area (Å²) in [4.78, 5) is 25.4. The first-order chi connectivity index (χ1) is 16.1. The highest BCUT2D eigenvalue weighted by molar-refractivity contribution is 9.09. The van der Waals surface area contributed by atoms with Crippen LogP contribution < -0.4 is 10.1 Å². The largest absolute Gasteiger partial charge is 0.461 e. The number of nitrogens with one attached hydrogen (secondary N) is 1. The number of amides is 1. The molecule has 166 valence electrons. The second kappa shape index (κ2) is 8.03. The zero-order chi connectivity index (χ0) is 22.5. The van der Waals surface area contributed by atoms with E-state index < -0.39 is 0 Å². The Hall–Kier alpha value is -3.12. The fourth-order valence-electron chi connectivity index (χ4n) is 5.64. The molecule has 1 saturated heterocycles. The molecule has 5 nitrogen and oxygen atoms in total. The summed E-state index contributed by atoms with van der Waals surface area (Å²) < 4.78 is 11.5. The maximum atomic E-state index is 13.0. The molecule has 3 aliphatic rings. The Labute approximate surface area is 200 Å². The SMILES string of the molecule is O=C(Nc1ccc(Oc2ccc(-c3ccccc3)cc2)cc1)[C@@H]1[C@H]2C[C@H]3[C@H](OC(=O)[C@H]31)[C@@H]2Br. The lowest BCUT2D eigenvalue weighted by molar-refractivity contribution is -0.145. The van der Waals surface area contributed by atoms with Gasteiger partial charge in [-0.05, 0) is 59.9 Å². The summed E-state index contributed by atoms with van der Waals surface area (Å²) in [7, 11) is 0. The Morgan fingerprint density at radius 2 is 1.52 bits per heavy atom. The van der Waals surface area contributed by atoms with Gasteiger partial charge in [0.05, 0.1) is 16.7 Å². The van der Waals surface area contributed by atoms with E-state index in [-0.39, 0.29) is 46.5 Å². The number of hydrogen-bond acceptors (Lipinski definition) is 4. The van der Waals surface area contributed by atoms with Crippen LogP contribution in [0.25, 0.3) is 11.1 Å². The second-order valence-corrected chi connectivity index (χ2v) is 10.0. The Bertz CT molecular complexity index is 1200. The van der Waals surface area contributed by atoms with E-state index in [2.05, 4.69) is 33.4 Å². The van der Waals surface area contributed by atoms with Gasteiger partial charge in [0.25, 0.3) is 0 Å². The first kappa shape index (κ1) is 20.5. The number of anilines is 1. The molecule has 3 aromatic carbocycles. The average molecular weight is 504 g/mol. The Morgan fingerprint density at radius 3 is 2.21 bits per heavy atom. The molecule has 33 heavy (non-hydrogen) atoms. The van der Waals surface area contributed by atoms with E-state index >= 15 is 0 Å². The minimum absolute atomic E-state index is 0.0602. The van der Waals surface area contributed by atoms with Gasteiger partial charge in [-0.1, -0.05) is 58.4 Å². The summed E-state index contributed by atoms with van der Waals surface area (Å²) in [5.74, 6) is 0.731. The molecule has 3 fully saturated rings. The summed E-state index contributed by atoms with van der Waals surface area (Å²) in [6.45, 7) is 0. The van der Waals surface area contributed by atoms with Crippen LogP contribution in [-0.4, -0.2) is 22.8 Å². The number of ether oxygens (including phenoxy) is 2. The van der Waals surface area contributed by atoms with Gasteiger partial charge in [0.15, 0.2) is 0 Å². The van der Waals surface area contributed by atoms with Crippen molar-refractivity contribution in [3.63, 3.8) is 0 Å². The van der Waals surface area contributed by atoms with Crippen molar-refractivity contribution in [1.82, 2.24) is 0 Å². The molecule has 6 atom stereocenters. The number of rotatable bonds is 5. The average Bonchev–Trinajstić information content (AvgIpc) is 3.46. The van der Waals surface area contributed by atoms with Crippen LogP contribution in [0.1, 0.15) is 6.42 Å². The molecule has 6 rings (SSSR count). The third-order valence-corrected chi connectivity index (χ3v) is 8.34. The van der Waals surface area contributed by atoms with Crippen LogP contribution in [0.5, 0.6) is 11.5 Å². The molecule has 1 heterocycles. The van der Waals surface area contributed by atoms with Crippen LogP contribution >= 0.6 is 15.9 Å². The predicted octanol–water partition coefficient (Wildman–Crippen LogP) is 5.66. The number of halogens is 1. The zero-order valence-corrected chi connectivity index (χ0v) is 19.3. The smallest absolute Gasteiger partial charge is 0.310 e.